The Morgan fingerprint density at radius 2 is 2.03 bits per heavy atom. The summed E-state index contributed by atoms with van der Waals surface area (Å²) in [5.41, 5.74) is 3.71. The summed E-state index contributed by atoms with van der Waals surface area (Å²) in [5.74, 6) is 0.493. The van der Waals surface area contributed by atoms with Crippen molar-refractivity contribution in [1.82, 2.24) is 15.0 Å². The van der Waals surface area contributed by atoms with Crippen LogP contribution in [-0.4, -0.2) is 33.8 Å². The molecule has 1 aliphatic heterocycles. The Balaban J connectivity index is 1.78. The number of hydrogen-bond acceptors (Lipinski definition) is 5. The van der Waals surface area contributed by atoms with E-state index < -0.39 is 0 Å². The standard InChI is InChI=1S/C22H18N6O/c23-11-13-7-8-16-15(10-13)20(25-14-4-3-9-24-12-14)19(22(29)28-16)21-26-17-5-1-2-6-18(17)27-21/h1-2,5-8,10,12,14H,3-4,9H2,(H,26,27)(H2,25,28,29). The number of aromatic amines is 2. The van der Waals surface area contributed by atoms with Crippen molar-refractivity contribution >= 4 is 33.8 Å². The molecule has 0 saturated heterocycles. The van der Waals surface area contributed by atoms with Crippen LogP contribution in [0.3, 0.4) is 0 Å². The van der Waals surface area contributed by atoms with Gasteiger partial charge in [-0.3, -0.25) is 9.79 Å². The topological polar surface area (TPSA) is 110 Å². The molecule has 0 spiro atoms. The molecule has 0 saturated carbocycles. The summed E-state index contributed by atoms with van der Waals surface area (Å²) in [6, 6.07) is 15.1. The fourth-order valence-corrected chi connectivity index (χ4v) is 3.78. The van der Waals surface area contributed by atoms with Crippen LogP contribution in [0.15, 0.2) is 52.3 Å². The number of imidazole rings is 1. The van der Waals surface area contributed by atoms with Gasteiger partial charge in [0.1, 0.15) is 11.4 Å². The van der Waals surface area contributed by atoms with Crippen LogP contribution >= 0.6 is 0 Å². The maximum Gasteiger partial charge on any atom is 0.261 e. The van der Waals surface area contributed by atoms with Crippen LogP contribution in [-0.2, 0) is 0 Å². The normalized spacial score (nSPS) is 16.2. The van der Waals surface area contributed by atoms with E-state index in [1.807, 2.05) is 30.5 Å². The number of nitriles is 1. The Bertz CT molecular complexity index is 1320. The van der Waals surface area contributed by atoms with Crippen molar-refractivity contribution in [2.75, 3.05) is 11.9 Å². The smallest absolute Gasteiger partial charge is 0.261 e. The molecule has 2 aromatic heterocycles. The number of aliphatic imine (C=N–C) groups is 1. The van der Waals surface area contributed by atoms with Gasteiger partial charge in [0.2, 0.25) is 0 Å². The van der Waals surface area contributed by atoms with E-state index >= 15 is 0 Å². The van der Waals surface area contributed by atoms with E-state index in [1.165, 1.54) is 0 Å². The van der Waals surface area contributed by atoms with E-state index in [9.17, 15) is 10.1 Å². The molecule has 5 rings (SSSR count). The fraction of sp³-hybridized carbons (Fsp3) is 0.182. The molecule has 7 heteroatoms. The summed E-state index contributed by atoms with van der Waals surface area (Å²) in [4.78, 5) is 28.3. The second kappa shape index (κ2) is 6.91. The van der Waals surface area contributed by atoms with Gasteiger partial charge in [0.15, 0.2) is 0 Å². The van der Waals surface area contributed by atoms with Crippen molar-refractivity contribution in [2.45, 2.75) is 18.9 Å². The zero-order chi connectivity index (χ0) is 19.8. The van der Waals surface area contributed by atoms with Crippen molar-refractivity contribution in [2.24, 2.45) is 4.99 Å². The van der Waals surface area contributed by atoms with Crippen LogP contribution in [0.2, 0.25) is 0 Å². The van der Waals surface area contributed by atoms with Gasteiger partial charge in [-0.2, -0.15) is 5.26 Å². The lowest BCUT2D eigenvalue weighted by Gasteiger charge is -2.21. The Morgan fingerprint density at radius 1 is 1.14 bits per heavy atom. The summed E-state index contributed by atoms with van der Waals surface area (Å²) >= 11 is 0. The molecule has 3 N–H and O–H groups in total. The molecule has 0 amide bonds. The van der Waals surface area contributed by atoms with Crippen molar-refractivity contribution in [1.29, 1.82) is 5.26 Å². The van der Waals surface area contributed by atoms with E-state index in [-0.39, 0.29) is 11.6 Å². The lowest BCUT2D eigenvalue weighted by Crippen LogP contribution is -2.26. The van der Waals surface area contributed by atoms with E-state index in [0.29, 0.717) is 28.2 Å². The highest BCUT2D eigenvalue weighted by molar-refractivity contribution is 6.00. The Labute approximate surface area is 166 Å². The first-order chi connectivity index (χ1) is 14.2. The number of nitrogens with one attached hydrogen (secondary N) is 3. The number of rotatable bonds is 3. The highest BCUT2D eigenvalue weighted by Crippen LogP contribution is 2.32. The number of fused-ring (bicyclic) bond motifs is 2. The number of nitrogens with zero attached hydrogens (tertiary/aromatic N) is 3. The predicted octanol–water partition coefficient (Wildman–Crippen LogP) is 3.59. The molecule has 0 bridgehead atoms. The van der Waals surface area contributed by atoms with Gasteiger partial charge in [-0.25, -0.2) is 4.98 Å². The highest BCUT2D eigenvalue weighted by atomic mass is 16.1. The molecule has 0 aliphatic carbocycles. The zero-order valence-corrected chi connectivity index (χ0v) is 15.6. The SMILES string of the molecule is N#Cc1ccc2[nH]c(=O)c(-c3nc4ccccc4[nH]3)c(NC3C=NCCC3)c2c1. The fourth-order valence-electron chi connectivity index (χ4n) is 3.78. The van der Waals surface area contributed by atoms with Crippen molar-refractivity contribution in [3.05, 3.63) is 58.4 Å². The summed E-state index contributed by atoms with van der Waals surface area (Å²) in [6.45, 7) is 0.823. The first kappa shape index (κ1) is 17.2. The first-order valence-corrected chi connectivity index (χ1v) is 9.55. The molecule has 0 radical (unpaired) electrons. The number of benzene rings is 2. The number of anilines is 1. The summed E-state index contributed by atoms with van der Waals surface area (Å²) < 4.78 is 0. The Morgan fingerprint density at radius 3 is 2.83 bits per heavy atom. The third-order valence-electron chi connectivity index (χ3n) is 5.19. The third-order valence-corrected chi connectivity index (χ3v) is 5.19. The average molecular weight is 382 g/mol. The Hall–Kier alpha value is -3.92. The van der Waals surface area contributed by atoms with Crippen molar-refractivity contribution in [3.8, 4) is 17.5 Å². The monoisotopic (exact) mass is 382 g/mol. The lowest BCUT2D eigenvalue weighted by molar-refractivity contribution is 0.700. The number of hydrogen-bond donors (Lipinski definition) is 3. The molecule has 3 heterocycles. The van der Waals surface area contributed by atoms with Gasteiger partial charge in [0.05, 0.1) is 39.9 Å². The molecule has 4 aromatic rings. The van der Waals surface area contributed by atoms with Crippen LogP contribution in [0, 0.1) is 11.3 Å². The molecule has 2 aromatic carbocycles. The number of aromatic nitrogens is 3. The average Bonchev–Trinajstić information content (AvgIpc) is 3.18. The van der Waals surface area contributed by atoms with E-state index in [4.69, 9.17) is 0 Å². The first-order valence-electron chi connectivity index (χ1n) is 9.55. The third kappa shape index (κ3) is 3.05. The second-order valence-corrected chi connectivity index (χ2v) is 7.13. The van der Waals surface area contributed by atoms with Crippen LogP contribution < -0.4 is 10.9 Å². The highest BCUT2D eigenvalue weighted by Gasteiger charge is 2.21. The summed E-state index contributed by atoms with van der Waals surface area (Å²) in [7, 11) is 0. The minimum Gasteiger partial charge on any atom is -0.376 e. The number of H-pyrrole nitrogens is 2. The molecular formula is C22H18N6O. The van der Waals surface area contributed by atoms with Gasteiger partial charge in [0.25, 0.3) is 5.56 Å². The van der Waals surface area contributed by atoms with Crippen LogP contribution in [0.5, 0.6) is 0 Å². The van der Waals surface area contributed by atoms with E-state index in [2.05, 4.69) is 31.3 Å². The maximum absolute atomic E-state index is 13.1. The summed E-state index contributed by atoms with van der Waals surface area (Å²) in [6.07, 6.45) is 3.81. The maximum atomic E-state index is 13.1. The van der Waals surface area contributed by atoms with Gasteiger partial charge < -0.3 is 15.3 Å². The minimum atomic E-state index is -0.239. The second-order valence-electron chi connectivity index (χ2n) is 7.13. The predicted molar refractivity (Wildman–Crippen MR) is 114 cm³/mol. The van der Waals surface area contributed by atoms with E-state index in [0.717, 1.165) is 35.8 Å². The van der Waals surface area contributed by atoms with Crippen molar-refractivity contribution in [3.63, 3.8) is 0 Å². The largest absolute Gasteiger partial charge is 0.376 e. The zero-order valence-electron chi connectivity index (χ0n) is 15.6. The number of pyridine rings is 1. The van der Waals surface area contributed by atoms with Gasteiger partial charge in [-0.05, 0) is 43.2 Å². The van der Waals surface area contributed by atoms with Gasteiger partial charge in [-0.15, -0.1) is 0 Å². The molecule has 7 nitrogen and oxygen atoms in total. The quantitative estimate of drug-likeness (QED) is 0.503. The molecule has 142 valence electrons. The molecule has 1 atom stereocenters. The van der Waals surface area contributed by atoms with Crippen LogP contribution in [0.25, 0.3) is 33.3 Å². The van der Waals surface area contributed by atoms with Gasteiger partial charge in [0, 0.05) is 18.1 Å². The lowest BCUT2D eigenvalue weighted by atomic mass is 10.0. The molecule has 1 unspecified atom stereocenters. The van der Waals surface area contributed by atoms with Gasteiger partial charge >= 0.3 is 0 Å². The molecular weight excluding hydrogens is 364 g/mol. The molecule has 1 aliphatic rings. The molecule has 29 heavy (non-hydrogen) atoms. The number of para-hydroxylation sites is 2. The van der Waals surface area contributed by atoms with Crippen LogP contribution in [0.4, 0.5) is 5.69 Å². The van der Waals surface area contributed by atoms with Crippen LogP contribution in [0.1, 0.15) is 18.4 Å². The molecule has 0 fully saturated rings. The minimum absolute atomic E-state index is 0.0163. The Kier molecular flexibility index (Phi) is 4.10. The summed E-state index contributed by atoms with van der Waals surface area (Å²) in [5, 5.41) is 13.6. The van der Waals surface area contributed by atoms with Crippen molar-refractivity contribution < 1.29 is 0 Å². The van der Waals surface area contributed by atoms with E-state index in [1.54, 1.807) is 18.2 Å². The van der Waals surface area contributed by atoms with Gasteiger partial charge in [-0.1, -0.05) is 12.1 Å².